The fourth-order valence-corrected chi connectivity index (χ4v) is 3.85. The molecule has 0 bridgehead atoms. The van der Waals surface area contributed by atoms with Gasteiger partial charge in [-0.2, -0.15) is 0 Å². The molecule has 0 aliphatic carbocycles. The summed E-state index contributed by atoms with van der Waals surface area (Å²) in [6, 6.07) is 18.0. The Balaban J connectivity index is 1.61. The maximum atomic E-state index is 13.0. The minimum atomic E-state index is -0.0262. The number of methoxy groups -OCH3 is 1. The van der Waals surface area contributed by atoms with Crippen LogP contribution in [0.4, 0.5) is 5.69 Å². The molecule has 2 fully saturated rings. The molecule has 2 atom stereocenters. The smallest absolute Gasteiger partial charge is 0.234 e. The number of carbonyl (C=O) groups excluding carboxylic acids is 1. The van der Waals surface area contributed by atoms with Crippen molar-refractivity contribution < 1.29 is 14.3 Å². The van der Waals surface area contributed by atoms with Gasteiger partial charge in [0.15, 0.2) is 0 Å². The highest BCUT2D eigenvalue weighted by Crippen LogP contribution is 2.44. The Morgan fingerprint density at radius 1 is 1.04 bits per heavy atom. The van der Waals surface area contributed by atoms with E-state index in [-0.39, 0.29) is 17.9 Å². The molecule has 26 heavy (non-hydrogen) atoms. The van der Waals surface area contributed by atoms with Gasteiger partial charge >= 0.3 is 0 Å². The first kappa shape index (κ1) is 17.1. The third-order valence-electron chi connectivity index (χ3n) is 5.26. The lowest BCUT2D eigenvalue weighted by Gasteiger charge is -2.49. The number of anilines is 1. The normalized spacial score (nSPS) is 23.6. The molecular formula is C21H24N2O3. The fourth-order valence-electron chi connectivity index (χ4n) is 3.85. The second kappa shape index (κ2) is 7.48. The molecular weight excluding hydrogens is 328 g/mol. The Morgan fingerprint density at radius 3 is 2.38 bits per heavy atom. The molecule has 2 heterocycles. The summed E-state index contributed by atoms with van der Waals surface area (Å²) in [4.78, 5) is 17.2. The Labute approximate surface area is 154 Å². The van der Waals surface area contributed by atoms with E-state index in [9.17, 15) is 4.79 Å². The van der Waals surface area contributed by atoms with E-state index in [1.165, 1.54) is 0 Å². The summed E-state index contributed by atoms with van der Waals surface area (Å²) in [6.45, 7) is 4.06. The third kappa shape index (κ3) is 3.20. The Morgan fingerprint density at radius 2 is 1.73 bits per heavy atom. The van der Waals surface area contributed by atoms with Gasteiger partial charge in [-0.25, -0.2) is 0 Å². The maximum absolute atomic E-state index is 13.0. The Kier molecular flexibility index (Phi) is 4.91. The number of hydrogen-bond acceptors (Lipinski definition) is 4. The van der Waals surface area contributed by atoms with Crippen molar-refractivity contribution in [2.45, 2.75) is 6.04 Å². The fraction of sp³-hybridized carbons (Fsp3) is 0.381. The molecule has 2 aliphatic heterocycles. The van der Waals surface area contributed by atoms with Crippen molar-refractivity contribution in [1.29, 1.82) is 0 Å². The van der Waals surface area contributed by atoms with Gasteiger partial charge in [-0.15, -0.1) is 0 Å². The SMILES string of the molecule is COc1ccc([C@@H]2[C@@H](CN3CCOCC3)C(=O)N2c2ccccc2)cc1. The van der Waals surface area contributed by atoms with Crippen molar-refractivity contribution in [3.05, 3.63) is 60.2 Å². The number of para-hydroxylation sites is 1. The molecule has 0 aromatic heterocycles. The number of nitrogens with zero attached hydrogens (tertiary/aromatic N) is 2. The molecule has 0 spiro atoms. The van der Waals surface area contributed by atoms with Crippen LogP contribution in [0.25, 0.3) is 0 Å². The van der Waals surface area contributed by atoms with Crippen molar-refractivity contribution in [3.8, 4) is 5.75 Å². The summed E-state index contributed by atoms with van der Waals surface area (Å²) in [6.07, 6.45) is 0. The number of amides is 1. The standard InChI is InChI=1S/C21H24N2O3/c1-25-18-9-7-16(8-10-18)20-19(15-22-11-13-26-14-12-22)21(24)23(20)17-5-3-2-4-6-17/h2-10,19-20H,11-15H2,1H3/t19-,20-/m1/s1. The van der Waals surface area contributed by atoms with Crippen LogP contribution in [-0.4, -0.2) is 50.8 Å². The molecule has 0 N–H and O–H groups in total. The van der Waals surface area contributed by atoms with E-state index in [2.05, 4.69) is 17.0 Å². The van der Waals surface area contributed by atoms with Crippen molar-refractivity contribution >= 4 is 11.6 Å². The number of hydrogen-bond donors (Lipinski definition) is 0. The Hall–Kier alpha value is -2.37. The van der Waals surface area contributed by atoms with E-state index in [4.69, 9.17) is 9.47 Å². The highest BCUT2D eigenvalue weighted by Gasteiger charge is 2.49. The molecule has 0 unspecified atom stereocenters. The van der Waals surface area contributed by atoms with Crippen LogP contribution in [0, 0.1) is 5.92 Å². The van der Waals surface area contributed by atoms with Crippen LogP contribution >= 0.6 is 0 Å². The third-order valence-corrected chi connectivity index (χ3v) is 5.26. The molecule has 5 nitrogen and oxygen atoms in total. The predicted molar refractivity (Wildman–Crippen MR) is 100 cm³/mol. The average molecular weight is 352 g/mol. The van der Waals surface area contributed by atoms with Crippen molar-refractivity contribution in [3.63, 3.8) is 0 Å². The molecule has 0 radical (unpaired) electrons. The maximum Gasteiger partial charge on any atom is 0.234 e. The number of morpholine rings is 1. The van der Waals surface area contributed by atoms with Gasteiger partial charge in [0, 0.05) is 25.3 Å². The molecule has 4 rings (SSSR count). The summed E-state index contributed by atoms with van der Waals surface area (Å²) in [5, 5.41) is 0. The Bertz CT molecular complexity index is 742. The van der Waals surface area contributed by atoms with Crippen LogP contribution in [0.3, 0.4) is 0 Å². The number of carbonyl (C=O) groups is 1. The lowest BCUT2D eigenvalue weighted by atomic mass is 9.81. The number of β-lactam (4-membered cyclic amide) rings is 1. The molecule has 0 saturated carbocycles. The minimum Gasteiger partial charge on any atom is -0.497 e. The molecule has 136 valence electrons. The highest BCUT2D eigenvalue weighted by molar-refractivity contribution is 6.03. The quantitative estimate of drug-likeness (QED) is 0.776. The van der Waals surface area contributed by atoms with Crippen molar-refractivity contribution in [1.82, 2.24) is 4.90 Å². The van der Waals surface area contributed by atoms with Crippen LogP contribution < -0.4 is 9.64 Å². The minimum absolute atomic E-state index is 0.0262. The average Bonchev–Trinajstić information content (AvgIpc) is 2.71. The van der Waals surface area contributed by atoms with Crippen LogP contribution in [0.2, 0.25) is 0 Å². The van der Waals surface area contributed by atoms with E-state index in [0.717, 1.165) is 49.8 Å². The van der Waals surface area contributed by atoms with E-state index in [0.29, 0.717) is 0 Å². The van der Waals surface area contributed by atoms with Gasteiger partial charge in [0.2, 0.25) is 5.91 Å². The van der Waals surface area contributed by atoms with E-state index in [1.807, 2.05) is 47.4 Å². The van der Waals surface area contributed by atoms with Crippen molar-refractivity contribution in [2.24, 2.45) is 5.92 Å². The lowest BCUT2D eigenvalue weighted by molar-refractivity contribution is -0.132. The zero-order valence-corrected chi connectivity index (χ0v) is 15.0. The van der Waals surface area contributed by atoms with E-state index in [1.54, 1.807) is 7.11 Å². The number of ether oxygens (including phenoxy) is 2. The van der Waals surface area contributed by atoms with E-state index >= 15 is 0 Å². The number of rotatable bonds is 5. The van der Waals surface area contributed by atoms with Crippen molar-refractivity contribution in [2.75, 3.05) is 44.9 Å². The van der Waals surface area contributed by atoms with Crippen LogP contribution in [0.15, 0.2) is 54.6 Å². The first-order valence-corrected chi connectivity index (χ1v) is 9.10. The van der Waals surface area contributed by atoms with E-state index < -0.39 is 0 Å². The predicted octanol–water partition coefficient (Wildman–Crippen LogP) is 2.73. The molecule has 1 amide bonds. The van der Waals surface area contributed by atoms with Gasteiger partial charge in [-0.1, -0.05) is 30.3 Å². The molecule has 2 aromatic rings. The van der Waals surface area contributed by atoms with Gasteiger partial charge in [0.25, 0.3) is 0 Å². The zero-order valence-electron chi connectivity index (χ0n) is 15.0. The summed E-state index contributed by atoms with van der Waals surface area (Å²) >= 11 is 0. The highest BCUT2D eigenvalue weighted by atomic mass is 16.5. The summed E-state index contributed by atoms with van der Waals surface area (Å²) in [5.41, 5.74) is 2.10. The summed E-state index contributed by atoms with van der Waals surface area (Å²) < 4.78 is 10.7. The van der Waals surface area contributed by atoms with Crippen LogP contribution in [-0.2, 0) is 9.53 Å². The molecule has 5 heteroatoms. The summed E-state index contributed by atoms with van der Waals surface area (Å²) in [7, 11) is 1.67. The van der Waals surface area contributed by atoms with Gasteiger partial charge in [-0.3, -0.25) is 9.69 Å². The van der Waals surface area contributed by atoms with Gasteiger partial charge in [0.05, 0.1) is 32.3 Å². The molecule has 2 aliphatic rings. The first-order valence-electron chi connectivity index (χ1n) is 9.10. The largest absolute Gasteiger partial charge is 0.497 e. The molecule has 2 saturated heterocycles. The van der Waals surface area contributed by atoms with Gasteiger partial charge < -0.3 is 14.4 Å². The second-order valence-corrected chi connectivity index (χ2v) is 6.78. The van der Waals surface area contributed by atoms with Gasteiger partial charge in [-0.05, 0) is 29.8 Å². The number of benzene rings is 2. The molecule has 2 aromatic carbocycles. The van der Waals surface area contributed by atoms with Crippen LogP contribution in [0.5, 0.6) is 5.75 Å². The van der Waals surface area contributed by atoms with Crippen LogP contribution in [0.1, 0.15) is 11.6 Å². The monoisotopic (exact) mass is 352 g/mol. The summed E-state index contributed by atoms with van der Waals surface area (Å²) in [5.74, 6) is 1.00. The zero-order chi connectivity index (χ0) is 17.9. The van der Waals surface area contributed by atoms with Gasteiger partial charge in [0.1, 0.15) is 5.75 Å². The topological polar surface area (TPSA) is 42.0 Å². The first-order chi connectivity index (χ1) is 12.8. The second-order valence-electron chi connectivity index (χ2n) is 6.78. The lowest BCUT2D eigenvalue weighted by Crippen LogP contribution is -2.59.